The Labute approximate surface area is 186 Å². The third-order valence-electron chi connectivity index (χ3n) is 5.79. The van der Waals surface area contributed by atoms with E-state index in [-0.39, 0.29) is 21.7 Å². The topological polar surface area (TPSA) is 96.0 Å². The zero-order valence-corrected chi connectivity index (χ0v) is 19.2. The van der Waals surface area contributed by atoms with Gasteiger partial charge in [0.2, 0.25) is 10.0 Å². The molecule has 1 saturated carbocycles. The van der Waals surface area contributed by atoms with E-state index in [9.17, 15) is 13.2 Å². The predicted octanol–water partition coefficient (Wildman–Crippen LogP) is 4.12. The van der Waals surface area contributed by atoms with E-state index < -0.39 is 10.0 Å². The van der Waals surface area contributed by atoms with Crippen LogP contribution in [0.4, 0.5) is 0 Å². The Morgan fingerprint density at radius 2 is 1.87 bits per heavy atom. The highest BCUT2D eigenvalue weighted by molar-refractivity contribution is 7.99. The van der Waals surface area contributed by atoms with Crippen LogP contribution < -0.4 is 5.56 Å². The van der Waals surface area contributed by atoms with Gasteiger partial charge in [0.05, 0.1) is 21.2 Å². The molecule has 1 unspecified atom stereocenters. The summed E-state index contributed by atoms with van der Waals surface area (Å²) < 4.78 is 27.5. The summed E-state index contributed by atoms with van der Waals surface area (Å²) in [5.41, 5.74) is 0.474. The number of nitrogens with one attached hydrogen (secondary N) is 1. The Balaban J connectivity index is 1.50. The van der Waals surface area contributed by atoms with E-state index in [4.69, 9.17) is 0 Å². The van der Waals surface area contributed by atoms with E-state index in [1.807, 2.05) is 25.1 Å². The molecule has 31 heavy (non-hydrogen) atoms. The van der Waals surface area contributed by atoms with Gasteiger partial charge in [-0.15, -0.1) is 0 Å². The van der Waals surface area contributed by atoms with Crippen LogP contribution in [0, 0.1) is 0 Å². The summed E-state index contributed by atoms with van der Waals surface area (Å²) in [4.78, 5) is 24.3. The van der Waals surface area contributed by atoms with Gasteiger partial charge in [0.1, 0.15) is 10.7 Å². The standard InChI is InChI=1S/C22H26N4O3S2/c1-15(21-24-19-11-7-6-10-18(19)22(27)25-21)30-20-13-12-17(14-23-20)31(28,29)26(2)16-8-4-3-5-9-16/h6-7,10-16H,3-5,8-9H2,1-2H3,(H,24,25,27). The lowest BCUT2D eigenvalue weighted by molar-refractivity contribution is 0.285. The molecule has 7 nitrogen and oxygen atoms in total. The van der Waals surface area contributed by atoms with Crippen molar-refractivity contribution in [2.75, 3.05) is 7.05 Å². The molecule has 9 heteroatoms. The zero-order valence-electron chi connectivity index (χ0n) is 17.6. The summed E-state index contributed by atoms with van der Waals surface area (Å²) >= 11 is 1.42. The van der Waals surface area contributed by atoms with Crippen LogP contribution >= 0.6 is 11.8 Å². The first-order valence-corrected chi connectivity index (χ1v) is 12.8. The Morgan fingerprint density at radius 3 is 2.58 bits per heavy atom. The van der Waals surface area contributed by atoms with Crippen LogP contribution in [0.25, 0.3) is 10.9 Å². The number of rotatable bonds is 6. The molecule has 1 N–H and O–H groups in total. The van der Waals surface area contributed by atoms with Gasteiger partial charge in [0, 0.05) is 19.3 Å². The number of benzene rings is 1. The van der Waals surface area contributed by atoms with Crippen LogP contribution in [0.1, 0.15) is 50.1 Å². The lowest BCUT2D eigenvalue weighted by atomic mass is 9.96. The van der Waals surface area contributed by atoms with Gasteiger partial charge >= 0.3 is 0 Å². The molecule has 0 aliphatic heterocycles. The van der Waals surface area contributed by atoms with Gasteiger partial charge in [-0.25, -0.2) is 18.4 Å². The van der Waals surface area contributed by atoms with Crippen molar-refractivity contribution in [1.29, 1.82) is 0 Å². The first-order chi connectivity index (χ1) is 14.9. The summed E-state index contributed by atoms with van der Waals surface area (Å²) in [5.74, 6) is 0.559. The van der Waals surface area contributed by atoms with Crippen molar-refractivity contribution < 1.29 is 8.42 Å². The SMILES string of the molecule is CC(Sc1ccc(S(=O)(=O)N(C)C2CCCCC2)cn1)c1nc2ccccc2c(=O)[nH]1. The number of H-pyrrole nitrogens is 1. The van der Waals surface area contributed by atoms with Crippen LogP contribution in [-0.2, 0) is 10.0 Å². The second-order valence-electron chi connectivity index (χ2n) is 7.87. The van der Waals surface area contributed by atoms with E-state index in [1.165, 1.54) is 28.7 Å². The molecule has 1 aliphatic carbocycles. The van der Waals surface area contributed by atoms with Crippen molar-refractivity contribution in [2.24, 2.45) is 0 Å². The first kappa shape index (κ1) is 22.0. The van der Waals surface area contributed by atoms with Gasteiger partial charge in [-0.2, -0.15) is 4.31 Å². The highest BCUT2D eigenvalue weighted by Crippen LogP contribution is 2.33. The number of para-hydroxylation sites is 1. The fourth-order valence-corrected chi connectivity index (χ4v) is 6.14. The molecule has 1 aliphatic rings. The molecule has 1 fully saturated rings. The first-order valence-electron chi connectivity index (χ1n) is 10.5. The molecule has 2 aromatic heterocycles. The Morgan fingerprint density at radius 1 is 1.13 bits per heavy atom. The lowest BCUT2D eigenvalue weighted by Gasteiger charge is -2.30. The number of aromatic amines is 1. The molecule has 1 aromatic carbocycles. The van der Waals surface area contributed by atoms with Gasteiger partial charge in [-0.1, -0.05) is 43.2 Å². The smallest absolute Gasteiger partial charge is 0.258 e. The second kappa shape index (κ2) is 9.10. The molecule has 4 rings (SSSR count). The van der Waals surface area contributed by atoms with E-state index in [2.05, 4.69) is 15.0 Å². The molecular weight excluding hydrogens is 432 g/mol. The Hall–Kier alpha value is -2.23. The molecule has 2 heterocycles. The van der Waals surface area contributed by atoms with Gasteiger partial charge < -0.3 is 4.98 Å². The quantitative estimate of drug-likeness (QED) is 0.558. The number of sulfonamides is 1. The van der Waals surface area contributed by atoms with Gasteiger partial charge in [0.25, 0.3) is 5.56 Å². The molecule has 1 atom stereocenters. The minimum Gasteiger partial charge on any atom is -0.309 e. The van der Waals surface area contributed by atoms with E-state index in [1.54, 1.807) is 25.2 Å². The second-order valence-corrected chi connectivity index (χ2v) is 11.2. The van der Waals surface area contributed by atoms with Crippen molar-refractivity contribution in [2.45, 2.75) is 60.2 Å². The summed E-state index contributed by atoms with van der Waals surface area (Å²) in [6, 6.07) is 10.6. The maximum absolute atomic E-state index is 13.0. The Kier molecular flexibility index (Phi) is 6.45. The fourth-order valence-electron chi connectivity index (χ4n) is 3.93. The average molecular weight is 459 g/mol. The molecular formula is C22H26N4O3S2. The van der Waals surface area contributed by atoms with E-state index in [0.29, 0.717) is 21.8 Å². The van der Waals surface area contributed by atoms with Gasteiger partial charge in [-0.05, 0) is 44.0 Å². The van der Waals surface area contributed by atoms with Crippen molar-refractivity contribution in [3.8, 4) is 0 Å². The summed E-state index contributed by atoms with van der Waals surface area (Å²) in [5, 5.41) is 1.07. The number of pyridine rings is 1. The largest absolute Gasteiger partial charge is 0.309 e. The zero-order chi connectivity index (χ0) is 22.0. The van der Waals surface area contributed by atoms with Crippen LogP contribution in [0.15, 0.2) is 57.3 Å². The van der Waals surface area contributed by atoms with Crippen molar-refractivity contribution in [3.63, 3.8) is 0 Å². The van der Waals surface area contributed by atoms with Crippen LogP contribution in [0.3, 0.4) is 0 Å². The van der Waals surface area contributed by atoms with Crippen molar-refractivity contribution in [3.05, 3.63) is 58.8 Å². The maximum Gasteiger partial charge on any atom is 0.258 e. The highest BCUT2D eigenvalue weighted by atomic mass is 32.2. The third-order valence-corrected chi connectivity index (χ3v) is 8.74. The minimum atomic E-state index is -3.56. The number of thioether (sulfide) groups is 1. The number of nitrogens with zero attached hydrogens (tertiary/aromatic N) is 3. The third kappa shape index (κ3) is 4.68. The van der Waals surface area contributed by atoms with Crippen LogP contribution in [-0.4, -0.2) is 40.8 Å². The molecule has 0 radical (unpaired) electrons. The molecule has 164 valence electrons. The molecule has 3 aromatic rings. The Bertz CT molecular complexity index is 1220. The normalized spacial score (nSPS) is 16.6. The number of hydrogen-bond acceptors (Lipinski definition) is 6. The lowest BCUT2D eigenvalue weighted by Crippen LogP contribution is -2.38. The molecule has 0 bridgehead atoms. The maximum atomic E-state index is 13.0. The van der Waals surface area contributed by atoms with Crippen LogP contribution in [0.5, 0.6) is 0 Å². The number of aromatic nitrogens is 3. The summed E-state index contributed by atoms with van der Waals surface area (Å²) in [6.07, 6.45) is 6.55. The predicted molar refractivity (Wildman–Crippen MR) is 123 cm³/mol. The minimum absolute atomic E-state index is 0.0589. The highest BCUT2D eigenvalue weighted by Gasteiger charge is 2.29. The summed E-state index contributed by atoms with van der Waals surface area (Å²) in [7, 11) is -1.90. The number of hydrogen-bond donors (Lipinski definition) is 1. The van der Waals surface area contributed by atoms with Gasteiger partial charge in [-0.3, -0.25) is 4.79 Å². The van der Waals surface area contributed by atoms with E-state index in [0.717, 1.165) is 25.7 Å². The van der Waals surface area contributed by atoms with Gasteiger partial charge in [0.15, 0.2) is 0 Å². The number of fused-ring (bicyclic) bond motifs is 1. The van der Waals surface area contributed by atoms with Crippen LogP contribution in [0.2, 0.25) is 0 Å². The monoisotopic (exact) mass is 458 g/mol. The molecule has 0 amide bonds. The fraction of sp³-hybridized carbons (Fsp3) is 0.409. The molecule has 0 spiro atoms. The van der Waals surface area contributed by atoms with Crippen molar-refractivity contribution >= 4 is 32.7 Å². The van der Waals surface area contributed by atoms with Crippen molar-refractivity contribution in [1.82, 2.24) is 19.3 Å². The average Bonchev–Trinajstić information content (AvgIpc) is 2.79. The molecule has 0 saturated heterocycles. The van der Waals surface area contributed by atoms with E-state index >= 15 is 0 Å². The summed E-state index contributed by atoms with van der Waals surface area (Å²) in [6.45, 7) is 1.93.